The minimum Gasteiger partial charge on any atom is -0.506 e. The first-order chi connectivity index (χ1) is 15.4. The van der Waals surface area contributed by atoms with Crippen LogP contribution in [0.5, 0.6) is 5.75 Å². The summed E-state index contributed by atoms with van der Waals surface area (Å²) in [7, 11) is 0. The molecule has 0 bridgehead atoms. The van der Waals surface area contributed by atoms with E-state index in [0.717, 1.165) is 0 Å². The Morgan fingerprint density at radius 1 is 0.969 bits per heavy atom. The predicted molar refractivity (Wildman–Crippen MR) is 121 cm³/mol. The van der Waals surface area contributed by atoms with Gasteiger partial charge in [-0.3, -0.25) is 19.6 Å². The van der Waals surface area contributed by atoms with Gasteiger partial charge in [0.05, 0.1) is 12.2 Å². The molecule has 3 N–H and O–H groups in total. The molecule has 0 fully saturated rings. The molecule has 2 rings (SSSR count). The van der Waals surface area contributed by atoms with Crippen molar-refractivity contribution >= 4 is 23.4 Å². The maximum absolute atomic E-state index is 12.9. The summed E-state index contributed by atoms with van der Waals surface area (Å²) in [5, 5.41) is 18.9. The van der Waals surface area contributed by atoms with Crippen molar-refractivity contribution in [2.45, 2.75) is 19.4 Å². The van der Waals surface area contributed by atoms with E-state index in [9.17, 15) is 19.5 Å². The van der Waals surface area contributed by atoms with E-state index in [1.54, 1.807) is 59.5 Å². The SMILES string of the molecule is C=CCN(CC=C)C(=O)c1cccc(CN(C(=O)CCC(=O)NO)c2ccccc2O)c1. The number of benzene rings is 2. The number of hydrogen-bond donors (Lipinski definition) is 3. The monoisotopic (exact) mass is 437 g/mol. The summed E-state index contributed by atoms with van der Waals surface area (Å²) in [4.78, 5) is 40.0. The lowest BCUT2D eigenvalue weighted by atomic mass is 10.1. The van der Waals surface area contributed by atoms with Gasteiger partial charge in [0.1, 0.15) is 5.75 Å². The van der Waals surface area contributed by atoms with E-state index in [-0.39, 0.29) is 36.7 Å². The third kappa shape index (κ3) is 6.55. The summed E-state index contributed by atoms with van der Waals surface area (Å²) in [6.07, 6.45) is 2.88. The smallest absolute Gasteiger partial charge is 0.254 e. The highest BCUT2D eigenvalue weighted by Crippen LogP contribution is 2.29. The summed E-state index contributed by atoms with van der Waals surface area (Å²) in [6, 6.07) is 13.2. The van der Waals surface area contributed by atoms with Crippen LogP contribution in [0.3, 0.4) is 0 Å². The molecule has 0 aliphatic rings. The molecule has 0 aliphatic heterocycles. The van der Waals surface area contributed by atoms with Crippen LogP contribution in [-0.4, -0.2) is 46.0 Å². The number of nitrogens with one attached hydrogen (secondary N) is 1. The molecule has 3 amide bonds. The summed E-state index contributed by atoms with van der Waals surface area (Å²) < 4.78 is 0. The van der Waals surface area contributed by atoms with E-state index in [1.807, 2.05) is 0 Å². The lowest BCUT2D eigenvalue weighted by Crippen LogP contribution is -2.32. The second-order valence-corrected chi connectivity index (χ2v) is 6.99. The van der Waals surface area contributed by atoms with Gasteiger partial charge in [-0.15, -0.1) is 13.2 Å². The van der Waals surface area contributed by atoms with Gasteiger partial charge in [0.2, 0.25) is 11.8 Å². The Labute approximate surface area is 187 Å². The van der Waals surface area contributed by atoms with E-state index >= 15 is 0 Å². The van der Waals surface area contributed by atoms with Gasteiger partial charge in [0.25, 0.3) is 5.91 Å². The number of nitrogens with zero attached hydrogens (tertiary/aromatic N) is 2. The lowest BCUT2D eigenvalue weighted by molar-refractivity contribution is -0.131. The zero-order valence-corrected chi connectivity index (χ0v) is 17.7. The van der Waals surface area contributed by atoms with Crippen molar-refractivity contribution in [3.8, 4) is 5.75 Å². The Morgan fingerprint density at radius 3 is 2.28 bits per heavy atom. The largest absolute Gasteiger partial charge is 0.506 e. The van der Waals surface area contributed by atoms with Crippen LogP contribution >= 0.6 is 0 Å². The van der Waals surface area contributed by atoms with Crippen LogP contribution in [-0.2, 0) is 16.1 Å². The molecule has 0 heterocycles. The molecular formula is C24H27N3O5. The summed E-state index contributed by atoms with van der Waals surface area (Å²) in [5.74, 6) is -1.41. The standard InChI is InChI=1S/C24H27N3O5/c1-3-14-26(15-4-2)24(31)19-9-7-8-18(16-19)17-27(20-10-5-6-11-21(20)28)23(30)13-12-22(29)25-32/h3-11,16,28,32H,1-2,12-15,17H2,(H,25,29). The Kier molecular flexibility index (Phi) is 9.19. The Bertz CT molecular complexity index is 979. The van der Waals surface area contributed by atoms with E-state index in [2.05, 4.69) is 13.2 Å². The number of aromatic hydroxyl groups is 1. The van der Waals surface area contributed by atoms with Crippen molar-refractivity contribution in [2.24, 2.45) is 0 Å². The number of phenolic OH excluding ortho intramolecular Hbond substituents is 1. The number of anilines is 1. The predicted octanol–water partition coefficient (Wildman–Crippen LogP) is 3.03. The van der Waals surface area contributed by atoms with Crippen molar-refractivity contribution in [2.75, 3.05) is 18.0 Å². The highest BCUT2D eigenvalue weighted by atomic mass is 16.5. The van der Waals surface area contributed by atoms with Crippen molar-refractivity contribution < 1.29 is 24.7 Å². The molecule has 0 aromatic heterocycles. The summed E-state index contributed by atoms with van der Waals surface area (Å²) in [5.41, 5.74) is 2.88. The summed E-state index contributed by atoms with van der Waals surface area (Å²) >= 11 is 0. The molecular weight excluding hydrogens is 410 g/mol. The second kappa shape index (κ2) is 12.1. The molecule has 0 unspecified atom stereocenters. The molecule has 0 atom stereocenters. The van der Waals surface area contributed by atoms with Gasteiger partial charge < -0.3 is 14.9 Å². The van der Waals surface area contributed by atoms with E-state index < -0.39 is 11.8 Å². The molecule has 0 radical (unpaired) electrons. The number of carbonyl (C=O) groups excluding carboxylic acids is 3. The molecule has 8 nitrogen and oxygen atoms in total. The number of para-hydroxylation sites is 2. The van der Waals surface area contributed by atoms with Crippen molar-refractivity contribution in [1.82, 2.24) is 10.4 Å². The number of carbonyl (C=O) groups is 3. The van der Waals surface area contributed by atoms with E-state index in [1.165, 1.54) is 16.4 Å². The van der Waals surface area contributed by atoms with E-state index in [0.29, 0.717) is 24.2 Å². The number of hydroxylamine groups is 1. The first kappa shape index (κ1) is 24.4. The number of rotatable bonds is 11. The quantitative estimate of drug-likeness (QED) is 0.284. The van der Waals surface area contributed by atoms with Crippen molar-refractivity contribution in [1.29, 1.82) is 0 Å². The van der Waals surface area contributed by atoms with Crippen LogP contribution in [0.4, 0.5) is 5.69 Å². The minimum atomic E-state index is -0.687. The number of phenols is 1. The van der Waals surface area contributed by atoms with Gasteiger partial charge in [-0.25, -0.2) is 5.48 Å². The number of hydrogen-bond acceptors (Lipinski definition) is 5. The maximum atomic E-state index is 12.9. The molecule has 0 aliphatic carbocycles. The highest BCUT2D eigenvalue weighted by molar-refractivity contribution is 5.97. The van der Waals surface area contributed by atoms with Gasteiger partial charge >= 0.3 is 0 Å². The van der Waals surface area contributed by atoms with Crippen LogP contribution in [0.2, 0.25) is 0 Å². The van der Waals surface area contributed by atoms with Crippen LogP contribution in [0.25, 0.3) is 0 Å². The van der Waals surface area contributed by atoms with Crippen molar-refractivity contribution in [3.05, 3.63) is 85.0 Å². The van der Waals surface area contributed by atoms with Crippen LogP contribution in [0, 0.1) is 0 Å². The Hall–Kier alpha value is -3.91. The average molecular weight is 437 g/mol. The molecule has 0 saturated heterocycles. The summed E-state index contributed by atoms with van der Waals surface area (Å²) in [6.45, 7) is 8.15. The van der Waals surface area contributed by atoms with Gasteiger partial charge in [-0.2, -0.15) is 0 Å². The van der Waals surface area contributed by atoms with Gasteiger partial charge in [0, 0.05) is 31.5 Å². The third-order valence-corrected chi connectivity index (χ3v) is 4.67. The third-order valence-electron chi connectivity index (χ3n) is 4.67. The fraction of sp³-hybridized carbons (Fsp3) is 0.208. The molecule has 2 aromatic carbocycles. The number of amides is 3. The maximum Gasteiger partial charge on any atom is 0.254 e. The zero-order valence-electron chi connectivity index (χ0n) is 17.7. The fourth-order valence-corrected chi connectivity index (χ4v) is 3.13. The average Bonchev–Trinajstić information content (AvgIpc) is 2.81. The molecule has 8 heteroatoms. The highest BCUT2D eigenvalue weighted by Gasteiger charge is 2.21. The molecule has 0 spiro atoms. The van der Waals surface area contributed by atoms with Gasteiger partial charge in [-0.05, 0) is 29.8 Å². The molecule has 168 valence electrons. The second-order valence-electron chi connectivity index (χ2n) is 6.99. The molecule has 32 heavy (non-hydrogen) atoms. The molecule has 0 saturated carbocycles. The zero-order chi connectivity index (χ0) is 23.5. The fourth-order valence-electron chi connectivity index (χ4n) is 3.13. The topological polar surface area (TPSA) is 110 Å². The van der Waals surface area contributed by atoms with Crippen LogP contribution < -0.4 is 10.4 Å². The van der Waals surface area contributed by atoms with Crippen LogP contribution in [0.15, 0.2) is 73.8 Å². The minimum absolute atomic E-state index is 0.0706. The lowest BCUT2D eigenvalue weighted by Gasteiger charge is -2.24. The normalized spacial score (nSPS) is 10.2. The van der Waals surface area contributed by atoms with Crippen molar-refractivity contribution in [3.63, 3.8) is 0 Å². The Balaban J connectivity index is 2.32. The van der Waals surface area contributed by atoms with E-state index in [4.69, 9.17) is 5.21 Å². The van der Waals surface area contributed by atoms with Crippen LogP contribution in [0.1, 0.15) is 28.8 Å². The Morgan fingerprint density at radius 2 is 1.66 bits per heavy atom. The van der Waals surface area contributed by atoms with Gasteiger partial charge in [-0.1, -0.05) is 36.4 Å². The first-order valence-electron chi connectivity index (χ1n) is 10.0. The first-order valence-corrected chi connectivity index (χ1v) is 10.0. The van der Waals surface area contributed by atoms with Gasteiger partial charge in [0.15, 0.2) is 0 Å². The molecule has 2 aromatic rings.